The van der Waals surface area contributed by atoms with Crippen molar-refractivity contribution in [2.24, 2.45) is 0 Å². The first-order valence-electron chi connectivity index (χ1n) is 4.95. The fourth-order valence-corrected chi connectivity index (χ4v) is 2.99. The first-order valence-corrected chi connectivity index (χ1v) is 7.23. The van der Waals surface area contributed by atoms with Gasteiger partial charge in [-0.05, 0) is 24.6 Å². The van der Waals surface area contributed by atoms with Crippen LogP contribution in [0.1, 0.15) is 6.42 Å². The SMILES string of the molecule is C=CCCNS(=O)(=O)c1cc(Br)ccc1OC. The molecule has 1 aromatic rings. The van der Waals surface area contributed by atoms with Gasteiger partial charge in [0.15, 0.2) is 0 Å². The second-order valence-corrected chi connectivity index (χ2v) is 5.92. The molecule has 0 aliphatic heterocycles. The third-order valence-electron chi connectivity index (χ3n) is 2.06. The summed E-state index contributed by atoms with van der Waals surface area (Å²) in [5, 5.41) is 0. The molecule has 0 radical (unpaired) electrons. The smallest absolute Gasteiger partial charge is 0.244 e. The molecule has 0 aliphatic carbocycles. The normalized spacial score (nSPS) is 11.2. The van der Waals surface area contributed by atoms with Gasteiger partial charge in [-0.15, -0.1) is 6.58 Å². The van der Waals surface area contributed by atoms with Gasteiger partial charge in [-0.3, -0.25) is 0 Å². The summed E-state index contributed by atoms with van der Waals surface area (Å²) in [7, 11) is -2.11. The summed E-state index contributed by atoms with van der Waals surface area (Å²) in [5.41, 5.74) is 0. The summed E-state index contributed by atoms with van der Waals surface area (Å²) in [6.45, 7) is 3.85. The minimum Gasteiger partial charge on any atom is -0.495 e. The Morgan fingerprint density at radius 3 is 2.82 bits per heavy atom. The largest absolute Gasteiger partial charge is 0.495 e. The molecule has 0 aliphatic rings. The van der Waals surface area contributed by atoms with Gasteiger partial charge in [-0.1, -0.05) is 22.0 Å². The molecule has 0 unspecified atom stereocenters. The van der Waals surface area contributed by atoms with Crippen molar-refractivity contribution >= 4 is 26.0 Å². The van der Waals surface area contributed by atoms with Gasteiger partial charge in [0.05, 0.1) is 7.11 Å². The van der Waals surface area contributed by atoms with E-state index in [9.17, 15) is 8.42 Å². The van der Waals surface area contributed by atoms with Crippen LogP contribution in [0.25, 0.3) is 0 Å². The fourth-order valence-electron chi connectivity index (χ4n) is 1.23. The van der Waals surface area contributed by atoms with Crippen LogP contribution in [0.2, 0.25) is 0 Å². The van der Waals surface area contributed by atoms with Crippen LogP contribution in [0.4, 0.5) is 0 Å². The molecule has 0 saturated heterocycles. The van der Waals surface area contributed by atoms with Gasteiger partial charge in [0.25, 0.3) is 0 Å². The number of halogens is 1. The maximum Gasteiger partial charge on any atom is 0.244 e. The van der Waals surface area contributed by atoms with Crippen LogP contribution in [0.3, 0.4) is 0 Å². The maximum atomic E-state index is 12.0. The molecule has 0 spiro atoms. The average molecular weight is 320 g/mol. The summed E-state index contributed by atoms with van der Waals surface area (Å²) in [4.78, 5) is 0.124. The lowest BCUT2D eigenvalue weighted by atomic mass is 10.3. The minimum atomic E-state index is -3.55. The number of nitrogens with one attached hydrogen (secondary N) is 1. The Morgan fingerprint density at radius 2 is 2.24 bits per heavy atom. The first-order chi connectivity index (χ1) is 8.01. The van der Waals surface area contributed by atoms with E-state index >= 15 is 0 Å². The second kappa shape index (κ2) is 6.18. The molecule has 0 saturated carbocycles. The molecule has 6 heteroatoms. The molecular formula is C11H14BrNO3S. The van der Waals surface area contributed by atoms with Crippen molar-refractivity contribution in [3.63, 3.8) is 0 Å². The van der Waals surface area contributed by atoms with E-state index < -0.39 is 10.0 Å². The number of rotatable bonds is 6. The highest BCUT2D eigenvalue weighted by atomic mass is 79.9. The number of benzene rings is 1. The fraction of sp³-hybridized carbons (Fsp3) is 0.273. The lowest BCUT2D eigenvalue weighted by Gasteiger charge is -2.10. The van der Waals surface area contributed by atoms with Crippen LogP contribution in [0.5, 0.6) is 5.75 Å². The molecule has 1 N–H and O–H groups in total. The van der Waals surface area contributed by atoms with Crippen LogP contribution in [-0.2, 0) is 10.0 Å². The zero-order chi connectivity index (χ0) is 12.9. The van der Waals surface area contributed by atoms with Crippen LogP contribution < -0.4 is 9.46 Å². The molecule has 17 heavy (non-hydrogen) atoms. The zero-order valence-electron chi connectivity index (χ0n) is 9.44. The molecule has 1 aromatic carbocycles. The van der Waals surface area contributed by atoms with Crippen molar-refractivity contribution in [3.8, 4) is 5.75 Å². The molecule has 0 heterocycles. The van der Waals surface area contributed by atoms with Crippen LogP contribution in [0.15, 0.2) is 40.2 Å². The number of sulfonamides is 1. The van der Waals surface area contributed by atoms with Gasteiger partial charge in [0, 0.05) is 11.0 Å². The maximum absolute atomic E-state index is 12.0. The highest BCUT2D eigenvalue weighted by Crippen LogP contribution is 2.26. The quantitative estimate of drug-likeness (QED) is 0.646. The Kier molecular flexibility index (Phi) is 5.17. The van der Waals surface area contributed by atoms with Crippen molar-refractivity contribution < 1.29 is 13.2 Å². The Bertz CT molecular complexity index is 499. The van der Waals surface area contributed by atoms with E-state index in [-0.39, 0.29) is 4.90 Å². The average Bonchev–Trinajstić information content (AvgIpc) is 2.29. The Morgan fingerprint density at radius 1 is 1.53 bits per heavy atom. The lowest BCUT2D eigenvalue weighted by Crippen LogP contribution is -2.25. The van der Waals surface area contributed by atoms with E-state index in [4.69, 9.17) is 4.74 Å². The molecule has 4 nitrogen and oxygen atoms in total. The van der Waals surface area contributed by atoms with Gasteiger partial charge in [0.2, 0.25) is 10.0 Å². The first kappa shape index (κ1) is 14.2. The summed E-state index contributed by atoms with van der Waals surface area (Å²) in [6.07, 6.45) is 2.23. The topological polar surface area (TPSA) is 55.4 Å². The highest BCUT2D eigenvalue weighted by molar-refractivity contribution is 9.10. The molecule has 94 valence electrons. The molecule has 0 amide bonds. The molecule has 1 rings (SSSR count). The monoisotopic (exact) mass is 319 g/mol. The number of methoxy groups -OCH3 is 1. The Hall–Kier alpha value is -0.850. The second-order valence-electron chi connectivity index (χ2n) is 3.27. The van der Waals surface area contributed by atoms with Crippen molar-refractivity contribution in [2.75, 3.05) is 13.7 Å². The Balaban J connectivity index is 3.04. The Labute approximate surface area is 110 Å². The van der Waals surface area contributed by atoms with Gasteiger partial charge in [0.1, 0.15) is 10.6 Å². The van der Waals surface area contributed by atoms with E-state index in [1.54, 1.807) is 18.2 Å². The summed E-state index contributed by atoms with van der Waals surface area (Å²) < 4.78 is 32.2. The predicted molar refractivity (Wildman–Crippen MR) is 70.7 cm³/mol. The van der Waals surface area contributed by atoms with E-state index in [2.05, 4.69) is 27.2 Å². The standard InChI is InChI=1S/C11H14BrNO3S/c1-3-4-7-13-17(14,15)11-8-9(12)5-6-10(11)16-2/h3,5-6,8,13H,1,4,7H2,2H3. The summed E-state index contributed by atoms with van der Waals surface area (Å²) in [5.74, 6) is 0.319. The predicted octanol–water partition coefficient (Wildman–Crippen LogP) is 2.31. The van der Waals surface area contributed by atoms with Gasteiger partial charge in [-0.2, -0.15) is 0 Å². The summed E-state index contributed by atoms with van der Waals surface area (Å²) in [6, 6.07) is 4.84. The minimum absolute atomic E-state index is 0.124. The zero-order valence-corrected chi connectivity index (χ0v) is 11.8. The molecule has 0 atom stereocenters. The van der Waals surface area contributed by atoms with E-state index in [0.717, 1.165) is 0 Å². The molecule has 0 fully saturated rings. The van der Waals surface area contributed by atoms with E-state index in [0.29, 0.717) is 23.2 Å². The third kappa shape index (κ3) is 3.83. The highest BCUT2D eigenvalue weighted by Gasteiger charge is 2.18. The van der Waals surface area contributed by atoms with Gasteiger partial charge >= 0.3 is 0 Å². The van der Waals surface area contributed by atoms with Crippen LogP contribution >= 0.6 is 15.9 Å². The molecule has 0 bridgehead atoms. The summed E-state index contributed by atoms with van der Waals surface area (Å²) >= 11 is 3.24. The third-order valence-corrected chi connectivity index (χ3v) is 4.03. The van der Waals surface area contributed by atoms with Crippen molar-refractivity contribution in [2.45, 2.75) is 11.3 Å². The van der Waals surface area contributed by atoms with Crippen LogP contribution in [0, 0.1) is 0 Å². The number of ether oxygens (including phenoxy) is 1. The molecule has 0 aromatic heterocycles. The van der Waals surface area contributed by atoms with Gasteiger partial charge in [-0.25, -0.2) is 13.1 Å². The van der Waals surface area contributed by atoms with Crippen molar-refractivity contribution in [1.29, 1.82) is 0 Å². The molecular weight excluding hydrogens is 306 g/mol. The van der Waals surface area contributed by atoms with Crippen molar-refractivity contribution in [1.82, 2.24) is 4.72 Å². The van der Waals surface area contributed by atoms with E-state index in [1.165, 1.54) is 13.2 Å². The van der Waals surface area contributed by atoms with Crippen LogP contribution in [-0.4, -0.2) is 22.1 Å². The number of hydrogen-bond donors (Lipinski definition) is 1. The lowest BCUT2D eigenvalue weighted by molar-refractivity contribution is 0.402. The van der Waals surface area contributed by atoms with Crippen molar-refractivity contribution in [3.05, 3.63) is 35.3 Å². The number of hydrogen-bond acceptors (Lipinski definition) is 3. The van der Waals surface area contributed by atoms with E-state index in [1.807, 2.05) is 0 Å². The van der Waals surface area contributed by atoms with Gasteiger partial charge < -0.3 is 4.74 Å².